The third-order valence-electron chi connectivity index (χ3n) is 0.898. The smallest absolute Gasteiger partial charge is 0.373 e. The Morgan fingerprint density at radius 2 is 2.40 bits per heavy atom. The van der Waals surface area contributed by atoms with Crippen molar-refractivity contribution < 1.29 is 14.4 Å². The van der Waals surface area contributed by atoms with Crippen LogP contribution in [0.5, 0.6) is 5.88 Å². The van der Waals surface area contributed by atoms with Crippen molar-refractivity contribution in [2.75, 3.05) is 0 Å². The molecule has 0 amide bonds. The topological polar surface area (TPSA) is 53.4 Å². The van der Waals surface area contributed by atoms with E-state index < -0.39 is 6.16 Å². The first-order valence-electron chi connectivity index (χ1n) is 2.30. The monoisotopic (exact) mass is 162 g/mol. The predicted molar refractivity (Wildman–Crippen MR) is 32.1 cm³/mol. The molecule has 1 aromatic rings. The number of fused-ring (bicyclic) bond motifs is 2. The molecule has 6 heteroatoms. The molecule has 0 unspecified atom stereocenters. The second-order valence-corrected chi connectivity index (χ2v) is 1.50. The molecule has 2 heterocycles. The number of halogens is 1. The van der Waals surface area contributed by atoms with E-state index in [1.165, 1.54) is 12.3 Å². The van der Waals surface area contributed by atoms with Crippen molar-refractivity contribution in [1.82, 2.24) is 9.94 Å². The van der Waals surface area contributed by atoms with Crippen molar-refractivity contribution >= 4 is 18.6 Å². The summed E-state index contributed by atoms with van der Waals surface area (Å²) in [5, 5.41) is 3.62. The Labute approximate surface area is 61.9 Å². The zero-order valence-corrected chi connectivity index (χ0v) is 5.50. The maximum absolute atomic E-state index is 10.3. The fraction of sp³-hybridized carbons (Fsp3) is 0. The summed E-state index contributed by atoms with van der Waals surface area (Å²) in [5.74, 6) is 0.270. The lowest BCUT2D eigenvalue weighted by atomic mass is 10.7. The van der Waals surface area contributed by atoms with Crippen LogP contribution < -0.4 is 9.57 Å². The first kappa shape index (κ1) is 6.88. The van der Waals surface area contributed by atoms with Gasteiger partial charge in [0.2, 0.25) is 5.88 Å². The van der Waals surface area contributed by atoms with Gasteiger partial charge in [-0.15, -0.1) is 12.4 Å². The van der Waals surface area contributed by atoms with E-state index in [9.17, 15) is 4.79 Å². The Balaban J connectivity index is 0.000000500. The molecule has 2 rings (SSSR count). The number of hydrogen-bond donors (Lipinski definition) is 0. The van der Waals surface area contributed by atoms with Gasteiger partial charge < -0.3 is 4.74 Å². The average Bonchev–Trinajstić information content (AvgIpc) is 2.11. The molecule has 2 bridgehead atoms. The minimum absolute atomic E-state index is 0. The minimum atomic E-state index is -0.745. The summed E-state index contributed by atoms with van der Waals surface area (Å²) in [4.78, 5) is 15.7. The molecule has 54 valence electrons. The van der Waals surface area contributed by atoms with Gasteiger partial charge in [-0.1, -0.05) is 9.94 Å². The Bertz CT molecular complexity index is 236. The molecule has 0 N–H and O–H groups in total. The van der Waals surface area contributed by atoms with E-state index >= 15 is 0 Å². The maximum Gasteiger partial charge on any atom is 0.542 e. The third-order valence-corrected chi connectivity index (χ3v) is 0.898. The molecule has 0 fully saturated rings. The highest BCUT2D eigenvalue weighted by molar-refractivity contribution is 5.85. The Kier molecular flexibility index (Phi) is 1.50. The van der Waals surface area contributed by atoms with E-state index in [-0.39, 0.29) is 18.3 Å². The van der Waals surface area contributed by atoms with E-state index in [0.29, 0.717) is 0 Å². The number of nitrogens with zero attached hydrogens (tertiary/aromatic N) is 2. The molecule has 0 radical (unpaired) electrons. The average molecular weight is 163 g/mol. The second kappa shape index (κ2) is 2.18. The van der Waals surface area contributed by atoms with Gasteiger partial charge in [0.05, 0.1) is 6.20 Å². The number of aromatic nitrogens is 2. The van der Waals surface area contributed by atoms with E-state index in [1.54, 1.807) is 0 Å². The summed E-state index contributed by atoms with van der Waals surface area (Å²) in [5.41, 5.74) is 0. The van der Waals surface area contributed by atoms with Crippen LogP contribution in [0.2, 0.25) is 0 Å². The molecule has 0 spiro atoms. The number of ether oxygens (including phenoxy) is 1. The minimum Gasteiger partial charge on any atom is -0.373 e. The molecule has 5 nitrogen and oxygen atoms in total. The van der Waals surface area contributed by atoms with Gasteiger partial charge in [0, 0.05) is 6.07 Å². The molecule has 0 saturated carbocycles. The molecule has 0 aromatic carbocycles. The summed E-state index contributed by atoms with van der Waals surface area (Å²) in [6.07, 6.45) is 0.741. The highest BCUT2D eigenvalue weighted by Gasteiger charge is 2.16. The summed E-state index contributed by atoms with van der Waals surface area (Å²) in [6.45, 7) is 0. The van der Waals surface area contributed by atoms with E-state index in [2.05, 4.69) is 14.7 Å². The fourth-order valence-corrected chi connectivity index (χ4v) is 0.577. The van der Waals surface area contributed by atoms with E-state index in [1.807, 2.05) is 0 Å². The van der Waals surface area contributed by atoms with Crippen LogP contribution in [0, 0.1) is 0 Å². The Morgan fingerprint density at radius 1 is 1.60 bits per heavy atom. The first-order chi connectivity index (χ1) is 4.34. The molecule has 0 aliphatic carbocycles. The van der Waals surface area contributed by atoms with Crippen LogP contribution in [0.25, 0.3) is 0 Å². The van der Waals surface area contributed by atoms with Gasteiger partial charge in [-0.25, -0.2) is 4.79 Å². The van der Waals surface area contributed by atoms with Crippen LogP contribution in [0.4, 0.5) is 4.79 Å². The molecule has 0 atom stereocenters. The van der Waals surface area contributed by atoms with Crippen molar-refractivity contribution in [2.24, 2.45) is 0 Å². The zero-order valence-electron chi connectivity index (χ0n) is 4.68. The van der Waals surface area contributed by atoms with Crippen molar-refractivity contribution in [2.45, 2.75) is 0 Å². The summed E-state index contributed by atoms with van der Waals surface area (Å²) >= 11 is 0. The highest BCUT2D eigenvalue weighted by Crippen LogP contribution is 2.08. The number of carbonyl (C=O) groups excluding carboxylic acids is 1. The molecule has 0 saturated heterocycles. The number of carbonyl (C=O) groups is 1. The second-order valence-electron chi connectivity index (χ2n) is 1.50. The third kappa shape index (κ3) is 0.906. The van der Waals surface area contributed by atoms with Crippen molar-refractivity contribution in [3.8, 4) is 5.88 Å². The summed E-state index contributed by atoms with van der Waals surface area (Å²) in [6, 6.07) is 1.53. The maximum atomic E-state index is 10.3. The van der Waals surface area contributed by atoms with Crippen molar-refractivity contribution in [3.63, 3.8) is 0 Å². The summed E-state index contributed by atoms with van der Waals surface area (Å²) in [7, 11) is 0. The summed E-state index contributed by atoms with van der Waals surface area (Å²) < 4.78 is 4.44. The van der Waals surface area contributed by atoms with Gasteiger partial charge in [-0.3, -0.25) is 4.84 Å². The van der Waals surface area contributed by atoms with Crippen LogP contribution in [-0.4, -0.2) is 16.1 Å². The standard InChI is InChI=1S/C4H2N2O3.ClH/c7-4-8-3-1-2-6(5-3)9-4;/h1-2H;1H. The molecular weight excluding hydrogens is 160 g/mol. The molecule has 1 aliphatic rings. The normalized spacial score (nSPS) is 13.0. The zero-order chi connectivity index (χ0) is 6.27. The first-order valence-corrected chi connectivity index (χ1v) is 2.30. The molecular formula is C4H3ClN2O3. The van der Waals surface area contributed by atoms with Gasteiger partial charge >= 0.3 is 6.16 Å². The molecule has 1 aliphatic heterocycles. The SMILES string of the molecule is Cl.O=C1Oc2ccn(n2)O1. The van der Waals surface area contributed by atoms with Crippen molar-refractivity contribution in [1.29, 1.82) is 0 Å². The van der Waals surface area contributed by atoms with Crippen LogP contribution in [0.3, 0.4) is 0 Å². The Hall–Kier alpha value is -1.23. The Morgan fingerprint density at radius 3 is 3.10 bits per heavy atom. The molecule has 1 aromatic heterocycles. The highest BCUT2D eigenvalue weighted by atomic mass is 35.5. The fourth-order valence-electron chi connectivity index (χ4n) is 0.577. The van der Waals surface area contributed by atoms with Gasteiger partial charge in [0.25, 0.3) is 0 Å². The lowest BCUT2D eigenvalue weighted by Crippen LogP contribution is -2.27. The van der Waals surface area contributed by atoms with Crippen LogP contribution >= 0.6 is 12.4 Å². The van der Waals surface area contributed by atoms with Gasteiger partial charge in [-0.05, 0) is 0 Å². The van der Waals surface area contributed by atoms with Crippen LogP contribution in [0.1, 0.15) is 0 Å². The van der Waals surface area contributed by atoms with Crippen LogP contribution in [0.15, 0.2) is 12.3 Å². The number of rotatable bonds is 0. The largest absolute Gasteiger partial charge is 0.542 e. The number of hydrogen-bond acceptors (Lipinski definition) is 4. The van der Waals surface area contributed by atoms with Gasteiger partial charge in [0.1, 0.15) is 0 Å². The van der Waals surface area contributed by atoms with Gasteiger partial charge in [-0.2, -0.15) is 0 Å². The lowest BCUT2D eigenvalue weighted by molar-refractivity contribution is 0.0552. The van der Waals surface area contributed by atoms with E-state index in [0.717, 1.165) is 4.85 Å². The molecule has 10 heavy (non-hydrogen) atoms. The lowest BCUT2D eigenvalue weighted by Gasteiger charge is -2.04. The predicted octanol–water partition coefficient (Wildman–Crippen LogP) is 0.246. The van der Waals surface area contributed by atoms with Crippen molar-refractivity contribution in [3.05, 3.63) is 12.3 Å². The van der Waals surface area contributed by atoms with Crippen LogP contribution in [-0.2, 0) is 0 Å². The quantitative estimate of drug-likeness (QED) is 0.513. The van der Waals surface area contributed by atoms with Gasteiger partial charge in [0.15, 0.2) is 0 Å². The van der Waals surface area contributed by atoms with E-state index in [4.69, 9.17) is 0 Å².